The van der Waals surface area contributed by atoms with Gasteiger partial charge in [0.1, 0.15) is 5.01 Å². The van der Waals surface area contributed by atoms with Crippen molar-refractivity contribution in [1.82, 2.24) is 20.5 Å². The van der Waals surface area contributed by atoms with Crippen molar-refractivity contribution in [2.24, 2.45) is 0 Å². The lowest BCUT2D eigenvalue weighted by Crippen LogP contribution is -2.39. The molecule has 1 aliphatic heterocycles. The molecule has 1 fully saturated rings. The van der Waals surface area contributed by atoms with Crippen molar-refractivity contribution in [2.75, 3.05) is 13.1 Å². The molecule has 1 aromatic heterocycles. The number of aryl methyl sites for hydroxylation is 2. The summed E-state index contributed by atoms with van der Waals surface area (Å²) in [7, 11) is 0. The number of carbonyl (C=O) groups is 2. The van der Waals surface area contributed by atoms with Crippen LogP contribution in [0.2, 0.25) is 0 Å². The average molecular weight is 623 g/mol. The van der Waals surface area contributed by atoms with E-state index in [0.29, 0.717) is 17.7 Å². The zero-order chi connectivity index (χ0) is 32.0. The Morgan fingerprint density at radius 3 is 2.47 bits per heavy atom. The maximum absolute atomic E-state index is 13.8. The van der Waals surface area contributed by atoms with Crippen molar-refractivity contribution in [3.05, 3.63) is 122 Å². The smallest absolute Gasteiger partial charge is 0.254 e. The lowest BCUT2D eigenvalue weighted by Gasteiger charge is -2.24. The fraction of sp³-hybridized carbons (Fsp3) is 0.395. The van der Waals surface area contributed by atoms with E-state index in [4.69, 9.17) is 0 Å². The van der Waals surface area contributed by atoms with Crippen LogP contribution in [-0.4, -0.2) is 40.8 Å². The van der Waals surface area contributed by atoms with Crippen molar-refractivity contribution in [3.63, 3.8) is 0 Å². The minimum absolute atomic E-state index is 0.00678. The molecule has 0 bridgehead atoms. The Kier molecular flexibility index (Phi) is 10.5. The van der Waals surface area contributed by atoms with E-state index in [1.54, 1.807) is 17.4 Å². The molecule has 0 spiro atoms. The Labute approximate surface area is 272 Å². The fourth-order valence-corrected chi connectivity index (χ4v) is 6.99. The van der Waals surface area contributed by atoms with E-state index in [2.05, 4.69) is 72.8 Å². The Balaban J connectivity index is 1.26. The normalized spacial score (nSPS) is 15.7. The van der Waals surface area contributed by atoms with Crippen LogP contribution in [0.25, 0.3) is 0 Å². The van der Waals surface area contributed by atoms with Crippen molar-refractivity contribution in [1.29, 1.82) is 0 Å². The number of nitrogens with zero attached hydrogens (tertiary/aromatic N) is 2. The maximum Gasteiger partial charge on any atom is 0.254 e. The number of benzene rings is 3. The molecule has 2 heterocycles. The Morgan fingerprint density at radius 2 is 1.73 bits per heavy atom. The maximum atomic E-state index is 13.8. The first-order valence-electron chi connectivity index (χ1n) is 16.1. The minimum atomic E-state index is -0.153. The molecule has 5 rings (SSSR count). The SMILES string of the molecule is Cc1cc(C(=O)N[C@H](CCNCc2cccc(C(C)(C)C)c2)Cc2ccccc2)cc(C(=O)N2CCCC2c2nc(C)cs2)c1. The van der Waals surface area contributed by atoms with Gasteiger partial charge in [0.2, 0.25) is 0 Å². The predicted molar refractivity (Wildman–Crippen MR) is 184 cm³/mol. The molecule has 0 saturated carbocycles. The van der Waals surface area contributed by atoms with E-state index in [0.717, 1.165) is 55.0 Å². The number of nitrogens with one attached hydrogen (secondary N) is 2. The van der Waals surface area contributed by atoms with Crippen LogP contribution in [-0.2, 0) is 18.4 Å². The minimum Gasteiger partial charge on any atom is -0.349 e. The van der Waals surface area contributed by atoms with Crippen LogP contribution in [0.3, 0.4) is 0 Å². The van der Waals surface area contributed by atoms with E-state index >= 15 is 0 Å². The number of hydrogen-bond acceptors (Lipinski definition) is 5. The van der Waals surface area contributed by atoms with Gasteiger partial charge in [-0.25, -0.2) is 4.98 Å². The standard InChI is InChI=1S/C38H46N4O2S/c1-26-19-30(23-31(20-26)37(44)42-18-10-15-34(42)36-40-27(2)25-45-36)35(43)41-33(22-28-11-7-6-8-12-28)16-17-39-24-29-13-9-14-32(21-29)38(3,4)5/h6-9,11-14,19-21,23,25,33-34,39H,10,15-18,22,24H2,1-5H3,(H,41,43)/t33-,34?/m1/s1. The molecule has 1 aliphatic rings. The topological polar surface area (TPSA) is 74.3 Å². The molecule has 2 amide bonds. The van der Waals surface area contributed by atoms with Gasteiger partial charge >= 0.3 is 0 Å². The van der Waals surface area contributed by atoms with Gasteiger partial charge in [-0.2, -0.15) is 0 Å². The highest BCUT2D eigenvalue weighted by atomic mass is 32.1. The molecule has 2 atom stereocenters. The molecule has 236 valence electrons. The van der Waals surface area contributed by atoms with E-state index in [9.17, 15) is 9.59 Å². The largest absolute Gasteiger partial charge is 0.349 e. The number of aromatic nitrogens is 1. The van der Waals surface area contributed by atoms with Gasteiger partial charge < -0.3 is 15.5 Å². The first-order chi connectivity index (χ1) is 21.6. The highest BCUT2D eigenvalue weighted by molar-refractivity contribution is 7.09. The van der Waals surface area contributed by atoms with Crippen LogP contribution < -0.4 is 10.6 Å². The van der Waals surface area contributed by atoms with Crippen LogP contribution in [0.5, 0.6) is 0 Å². The van der Waals surface area contributed by atoms with E-state index in [1.165, 1.54) is 16.7 Å². The average Bonchev–Trinajstić information content (AvgIpc) is 3.68. The van der Waals surface area contributed by atoms with Gasteiger partial charge in [-0.3, -0.25) is 9.59 Å². The lowest BCUT2D eigenvalue weighted by atomic mass is 9.86. The second kappa shape index (κ2) is 14.5. The molecule has 6 nitrogen and oxygen atoms in total. The molecule has 1 unspecified atom stereocenters. The highest BCUT2D eigenvalue weighted by Crippen LogP contribution is 2.35. The summed E-state index contributed by atoms with van der Waals surface area (Å²) in [5.41, 5.74) is 6.82. The van der Waals surface area contributed by atoms with Gasteiger partial charge in [0.05, 0.1) is 6.04 Å². The van der Waals surface area contributed by atoms with Gasteiger partial charge in [0, 0.05) is 41.3 Å². The molecular formula is C38H46N4O2S. The summed E-state index contributed by atoms with van der Waals surface area (Å²) in [5, 5.41) is 9.91. The monoisotopic (exact) mass is 622 g/mol. The first-order valence-corrected chi connectivity index (χ1v) is 16.9. The predicted octanol–water partition coefficient (Wildman–Crippen LogP) is 7.56. The van der Waals surface area contributed by atoms with Crippen LogP contribution in [0.1, 0.15) is 99.7 Å². The third kappa shape index (κ3) is 8.68. The summed E-state index contributed by atoms with van der Waals surface area (Å²) >= 11 is 1.62. The summed E-state index contributed by atoms with van der Waals surface area (Å²) in [4.78, 5) is 34.1. The van der Waals surface area contributed by atoms with Crippen LogP contribution in [0, 0.1) is 13.8 Å². The van der Waals surface area contributed by atoms with Crippen molar-refractivity contribution in [2.45, 2.75) is 84.3 Å². The number of thiazole rings is 1. The zero-order valence-electron chi connectivity index (χ0n) is 27.2. The van der Waals surface area contributed by atoms with Crippen LogP contribution in [0.4, 0.5) is 0 Å². The van der Waals surface area contributed by atoms with Gasteiger partial charge in [0.25, 0.3) is 11.8 Å². The molecule has 3 aromatic carbocycles. The molecule has 7 heteroatoms. The Bertz CT molecular complexity index is 1610. The van der Waals surface area contributed by atoms with Crippen LogP contribution >= 0.6 is 11.3 Å². The number of amides is 2. The number of carbonyl (C=O) groups excluding carboxylic acids is 2. The number of hydrogen-bond donors (Lipinski definition) is 2. The molecule has 45 heavy (non-hydrogen) atoms. The quantitative estimate of drug-likeness (QED) is 0.169. The van der Waals surface area contributed by atoms with E-state index in [1.807, 2.05) is 54.5 Å². The molecule has 2 N–H and O–H groups in total. The molecule has 0 radical (unpaired) electrons. The summed E-state index contributed by atoms with van der Waals surface area (Å²) in [6, 6.07) is 24.5. The number of likely N-dealkylation sites (tertiary alicyclic amines) is 1. The second-order valence-electron chi connectivity index (χ2n) is 13.3. The molecule has 1 saturated heterocycles. The van der Waals surface area contributed by atoms with Crippen molar-refractivity contribution < 1.29 is 9.59 Å². The van der Waals surface area contributed by atoms with Crippen molar-refractivity contribution in [3.8, 4) is 0 Å². The Hall–Kier alpha value is -3.81. The first kappa shape index (κ1) is 32.6. The van der Waals surface area contributed by atoms with E-state index < -0.39 is 0 Å². The molecule has 4 aromatic rings. The summed E-state index contributed by atoms with van der Waals surface area (Å²) in [6.07, 6.45) is 3.37. The lowest BCUT2D eigenvalue weighted by molar-refractivity contribution is 0.0735. The molecular weight excluding hydrogens is 577 g/mol. The third-order valence-electron chi connectivity index (χ3n) is 8.47. The summed E-state index contributed by atoms with van der Waals surface area (Å²) < 4.78 is 0. The molecule has 0 aliphatic carbocycles. The van der Waals surface area contributed by atoms with Crippen molar-refractivity contribution >= 4 is 23.2 Å². The Morgan fingerprint density at radius 1 is 0.978 bits per heavy atom. The summed E-state index contributed by atoms with van der Waals surface area (Å²) in [5.74, 6) is -0.191. The third-order valence-corrected chi connectivity index (χ3v) is 9.54. The summed E-state index contributed by atoms with van der Waals surface area (Å²) in [6.45, 7) is 12.9. The highest BCUT2D eigenvalue weighted by Gasteiger charge is 2.33. The zero-order valence-corrected chi connectivity index (χ0v) is 28.0. The van der Waals surface area contributed by atoms with Gasteiger partial charge in [-0.1, -0.05) is 75.4 Å². The van der Waals surface area contributed by atoms with Gasteiger partial charge in [-0.15, -0.1) is 11.3 Å². The van der Waals surface area contributed by atoms with Gasteiger partial charge in [-0.05, 0) is 91.9 Å². The van der Waals surface area contributed by atoms with Crippen LogP contribution in [0.15, 0.2) is 78.2 Å². The second-order valence-corrected chi connectivity index (χ2v) is 14.2. The fourth-order valence-electron chi connectivity index (χ4n) is 6.04. The van der Waals surface area contributed by atoms with Gasteiger partial charge in [0.15, 0.2) is 0 Å². The van der Waals surface area contributed by atoms with E-state index in [-0.39, 0.29) is 29.3 Å². The number of rotatable bonds is 11.